The molecule has 0 heterocycles. The van der Waals surface area contributed by atoms with Crippen molar-refractivity contribution >= 4 is 33.5 Å². The molecule has 0 aliphatic rings. The predicted molar refractivity (Wildman–Crippen MR) is 140 cm³/mol. The fourth-order valence-electron chi connectivity index (χ4n) is 3.27. The summed E-state index contributed by atoms with van der Waals surface area (Å²) in [6.45, 7) is 1.87. The molecule has 180 valence electrons. The highest BCUT2D eigenvalue weighted by Gasteiger charge is 2.43. The molecule has 6 nitrogen and oxygen atoms in total. The number of hydrogen-bond acceptors (Lipinski definition) is 5. The summed E-state index contributed by atoms with van der Waals surface area (Å²) in [5, 5.41) is 0. The summed E-state index contributed by atoms with van der Waals surface area (Å²) < 4.78 is 56.6. The molecule has 0 radical (unpaired) electrons. The van der Waals surface area contributed by atoms with Gasteiger partial charge in [0.1, 0.15) is 11.5 Å². The maximum atomic E-state index is 14.5. The van der Waals surface area contributed by atoms with Gasteiger partial charge in [-0.1, -0.05) is 82.2 Å². The van der Waals surface area contributed by atoms with Crippen LogP contribution in [0.1, 0.15) is 16.9 Å². The van der Waals surface area contributed by atoms with Gasteiger partial charge in [0.2, 0.25) is 10.0 Å². The molecule has 0 aromatic heterocycles. The number of sulfonamides is 1. The van der Waals surface area contributed by atoms with Crippen LogP contribution in [0.3, 0.4) is 0 Å². The van der Waals surface area contributed by atoms with E-state index in [0.717, 1.165) is 10.0 Å². The van der Waals surface area contributed by atoms with Crippen LogP contribution in [0.2, 0.25) is 0 Å². The maximum Gasteiger partial charge on any atom is 0.453 e. The van der Waals surface area contributed by atoms with E-state index in [0.29, 0.717) is 5.56 Å². The third kappa shape index (κ3) is 6.41. The van der Waals surface area contributed by atoms with E-state index < -0.39 is 23.4 Å². The quantitative estimate of drug-likeness (QED) is 0.217. The number of rotatable bonds is 9. The summed E-state index contributed by atoms with van der Waals surface area (Å²) >= 11 is 3.39. The van der Waals surface area contributed by atoms with Gasteiger partial charge in [0.15, 0.2) is 5.78 Å². The molecular formula is C26H23BrNO5PS. The van der Waals surface area contributed by atoms with Gasteiger partial charge < -0.3 is 9.05 Å². The Bertz CT molecular complexity index is 1370. The number of para-hydroxylation sites is 2. The van der Waals surface area contributed by atoms with Crippen molar-refractivity contribution in [2.75, 3.05) is 0 Å². The van der Waals surface area contributed by atoms with Gasteiger partial charge in [-0.3, -0.25) is 0 Å². The van der Waals surface area contributed by atoms with Crippen LogP contribution in [0.15, 0.2) is 119 Å². The normalized spacial score (nSPS) is 12.6. The van der Waals surface area contributed by atoms with Crippen LogP contribution in [0.4, 0.5) is 0 Å². The Hall–Kier alpha value is -2.90. The summed E-state index contributed by atoms with van der Waals surface area (Å²) in [6.07, 6.45) is 0. The van der Waals surface area contributed by atoms with Gasteiger partial charge in [-0.15, -0.1) is 0 Å². The molecule has 0 bridgehead atoms. The van der Waals surface area contributed by atoms with Gasteiger partial charge >= 0.3 is 7.60 Å². The van der Waals surface area contributed by atoms with E-state index >= 15 is 0 Å². The van der Waals surface area contributed by atoms with Crippen LogP contribution in [0.25, 0.3) is 0 Å². The van der Waals surface area contributed by atoms with Gasteiger partial charge in [-0.05, 0) is 61.0 Å². The zero-order valence-electron chi connectivity index (χ0n) is 18.7. The van der Waals surface area contributed by atoms with Crippen molar-refractivity contribution in [3.8, 4) is 11.5 Å². The molecule has 0 fully saturated rings. The monoisotopic (exact) mass is 571 g/mol. The minimum absolute atomic E-state index is 0.0381. The molecule has 0 aliphatic carbocycles. The second-order valence-corrected chi connectivity index (χ2v) is 12.3. The third-order valence-corrected chi connectivity index (χ3v) is 9.18. The van der Waals surface area contributed by atoms with Crippen molar-refractivity contribution in [3.05, 3.63) is 125 Å². The number of aryl methyl sites for hydroxylation is 1. The Kier molecular flexibility index (Phi) is 7.77. The Morgan fingerprint density at radius 3 is 1.71 bits per heavy atom. The molecule has 0 spiro atoms. The first-order valence-corrected chi connectivity index (χ1v) is 14.6. The van der Waals surface area contributed by atoms with Crippen LogP contribution in [-0.4, -0.2) is 8.42 Å². The molecule has 1 atom stereocenters. The highest BCUT2D eigenvalue weighted by molar-refractivity contribution is 9.10. The first-order valence-electron chi connectivity index (χ1n) is 10.7. The lowest BCUT2D eigenvalue weighted by Crippen LogP contribution is -2.31. The second kappa shape index (κ2) is 10.8. The van der Waals surface area contributed by atoms with Gasteiger partial charge in [0.25, 0.3) is 0 Å². The minimum Gasteiger partial charge on any atom is -0.415 e. The molecule has 1 N–H and O–H groups in total. The van der Waals surface area contributed by atoms with E-state index in [4.69, 9.17) is 9.05 Å². The zero-order valence-corrected chi connectivity index (χ0v) is 22.0. The highest BCUT2D eigenvalue weighted by Crippen LogP contribution is 2.59. The first-order chi connectivity index (χ1) is 16.7. The Morgan fingerprint density at radius 1 is 0.743 bits per heavy atom. The Labute approximate surface area is 213 Å². The van der Waals surface area contributed by atoms with Gasteiger partial charge in [-0.25, -0.2) is 13.0 Å². The summed E-state index contributed by atoms with van der Waals surface area (Å²) in [7, 11) is -8.34. The zero-order chi connectivity index (χ0) is 24.9. The van der Waals surface area contributed by atoms with Gasteiger partial charge in [0, 0.05) is 4.47 Å². The topological polar surface area (TPSA) is 81.7 Å². The van der Waals surface area contributed by atoms with Crippen molar-refractivity contribution < 1.29 is 22.0 Å². The molecule has 1 unspecified atom stereocenters. The van der Waals surface area contributed by atoms with Crippen LogP contribution >= 0.6 is 23.5 Å². The highest BCUT2D eigenvalue weighted by atomic mass is 79.9. The van der Waals surface area contributed by atoms with Crippen molar-refractivity contribution in [1.29, 1.82) is 0 Å². The van der Waals surface area contributed by atoms with Crippen LogP contribution in [-0.2, 0) is 14.6 Å². The number of benzene rings is 4. The van der Waals surface area contributed by atoms with Crippen molar-refractivity contribution in [1.82, 2.24) is 4.72 Å². The average molecular weight is 572 g/mol. The summed E-state index contributed by atoms with van der Waals surface area (Å²) in [4.78, 5) is 0.0381. The lowest BCUT2D eigenvalue weighted by molar-refractivity contribution is 0.368. The number of halogens is 1. The van der Waals surface area contributed by atoms with Crippen LogP contribution in [0.5, 0.6) is 11.5 Å². The summed E-state index contributed by atoms with van der Waals surface area (Å²) in [5.74, 6) is -0.783. The van der Waals surface area contributed by atoms with E-state index in [1.165, 1.54) is 12.1 Å². The smallest absolute Gasteiger partial charge is 0.415 e. The fourth-order valence-corrected chi connectivity index (χ4v) is 7.15. The molecule has 0 amide bonds. The van der Waals surface area contributed by atoms with Crippen molar-refractivity contribution in [3.63, 3.8) is 0 Å². The first kappa shape index (κ1) is 25.2. The molecule has 0 saturated carbocycles. The van der Waals surface area contributed by atoms with Crippen molar-refractivity contribution in [2.45, 2.75) is 17.6 Å². The summed E-state index contributed by atoms with van der Waals surface area (Å²) in [5.41, 5.74) is 1.33. The Balaban J connectivity index is 1.82. The average Bonchev–Trinajstić information content (AvgIpc) is 2.85. The lowest BCUT2D eigenvalue weighted by atomic mass is 10.2. The Morgan fingerprint density at radius 2 is 1.23 bits per heavy atom. The number of hydrogen-bond donors (Lipinski definition) is 1. The molecular weight excluding hydrogens is 549 g/mol. The standard InChI is InChI=1S/C26H23BrNO5PS/c1-20-12-18-25(19-13-20)35(30,31)28-26(21-14-16-22(27)17-15-21)34(29,32-23-8-4-2-5-9-23)33-24-10-6-3-7-11-24/h2-19,26,28H,1H3. The SMILES string of the molecule is Cc1ccc(S(=O)(=O)NC(c2ccc(Br)cc2)P(=O)(Oc2ccccc2)Oc2ccccc2)cc1. The molecule has 4 aromatic rings. The molecule has 0 aliphatic heterocycles. The van der Waals surface area contributed by atoms with Crippen molar-refractivity contribution in [2.24, 2.45) is 0 Å². The van der Waals surface area contributed by atoms with E-state index in [2.05, 4.69) is 20.7 Å². The van der Waals surface area contributed by atoms with E-state index in [1.807, 2.05) is 6.92 Å². The molecule has 35 heavy (non-hydrogen) atoms. The van der Waals surface area contributed by atoms with Crippen LogP contribution < -0.4 is 13.8 Å². The summed E-state index contributed by atoms with van der Waals surface area (Å²) in [6, 6.07) is 30.2. The largest absolute Gasteiger partial charge is 0.453 e. The molecule has 4 aromatic carbocycles. The van der Waals surface area contributed by atoms with Gasteiger partial charge in [0.05, 0.1) is 4.90 Å². The van der Waals surface area contributed by atoms with E-state index in [1.54, 1.807) is 97.1 Å². The van der Waals surface area contributed by atoms with E-state index in [-0.39, 0.29) is 16.4 Å². The molecule has 4 rings (SSSR count). The third-order valence-electron chi connectivity index (χ3n) is 5.05. The lowest BCUT2D eigenvalue weighted by Gasteiger charge is -2.28. The predicted octanol–water partition coefficient (Wildman–Crippen LogP) is 7.09. The van der Waals surface area contributed by atoms with Crippen LogP contribution in [0, 0.1) is 6.92 Å². The number of nitrogens with one attached hydrogen (secondary N) is 1. The maximum absolute atomic E-state index is 14.5. The molecule has 9 heteroatoms. The second-order valence-electron chi connectivity index (χ2n) is 7.74. The molecule has 0 saturated heterocycles. The minimum atomic E-state index is -4.24. The van der Waals surface area contributed by atoms with E-state index in [9.17, 15) is 13.0 Å². The fraction of sp³-hybridized carbons (Fsp3) is 0.0769. The van der Waals surface area contributed by atoms with Gasteiger partial charge in [-0.2, -0.15) is 4.72 Å².